The van der Waals surface area contributed by atoms with E-state index in [1.807, 2.05) is 6.92 Å². The number of aliphatic carboxylic acids is 1. The highest BCUT2D eigenvalue weighted by Crippen LogP contribution is 2.28. The van der Waals surface area contributed by atoms with Gasteiger partial charge in [-0.2, -0.15) is 0 Å². The standard InChI is InChI=1S/C8H14O3/c1-2-8(7(9)10)5-3-4-6-11-8/h2-6H2,1H3,(H,9,10). The molecule has 0 aromatic carbocycles. The first-order chi connectivity index (χ1) is 5.21. The molecule has 0 aromatic heterocycles. The summed E-state index contributed by atoms with van der Waals surface area (Å²) in [6, 6.07) is 0. The minimum atomic E-state index is -0.863. The lowest BCUT2D eigenvalue weighted by molar-refractivity contribution is -0.172. The Morgan fingerprint density at radius 1 is 1.64 bits per heavy atom. The third kappa shape index (κ3) is 1.53. The van der Waals surface area contributed by atoms with Crippen LogP contribution >= 0.6 is 0 Å². The summed E-state index contributed by atoms with van der Waals surface area (Å²) >= 11 is 0. The second-order valence-electron chi connectivity index (χ2n) is 2.96. The first kappa shape index (κ1) is 8.53. The van der Waals surface area contributed by atoms with Gasteiger partial charge in [0.2, 0.25) is 0 Å². The summed E-state index contributed by atoms with van der Waals surface area (Å²) in [4.78, 5) is 10.8. The first-order valence-corrected chi connectivity index (χ1v) is 4.08. The zero-order valence-corrected chi connectivity index (χ0v) is 6.80. The maximum atomic E-state index is 10.8. The number of rotatable bonds is 2. The molecular formula is C8H14O3. The van der Waals surface area contributed by atoms with Crippen molar-refractivity contribution in [2.24, 2.45) is 0 Å². The van der Waals surface area contributed by atoms with Gasteiger partial charge in [-0.15, -0.1) is 0 Å². The van der Waals surface area contributed by atoms with Gasteiger partial charge in [0.05, 0.1) is 0 Å². The van der Waals surface area contributed by atoms with Crippen LogP contribution < -0.4 is 0 Å². The number of carbonyl (C=O) groups is 1. The van der Waals surface area contributed by atoms with Crippen molar-refractivity contribution in [2.75, 3.05) is 6.61 Å². The maximum Gasteiger partial charge on any atom is 0.335 e. The van der Waals surface area contributed by atoms with Crippen molar-refractivity contribution in [1.82, 2.24) is 0 Å². The van der Waals surface area contributed by atoms with Gasteiger partial charge in [0.15, 0.2) is 5.60 Å². The summed E-state index contributed by atoms with van der Waals surface area (Å²) in [6.45, 7) is 2.46. The van der Waals surface area contributed by atoms with Crippen molar-refractivity contribution in [3.63, 3.8) is 0 Å². The molecule has 0 spiro atoms. The van der Waals surface area contributed by atoms with Crippen LogP contribution in [0.1, 0.15) is 32.6 Å². The van der Waals surface area contributed by atoms with Crippen molar-refractivity contribution in [3.8, 4) is 0 Å². The molecule has 1 saturated heterocycles. The molecule has 3 nitrogen and oxygen atoms in total. The summed E-state index contributed by atoms with van der Waals surface area (Å²) < 4.78 is 5.28. The summed E-state index contributed by atoms with van der Waals surface area (Å²) in [5.74, 6) is -0.806. The number of hydrogen-bond donors (Lipinski definition) is 1. The second-order valence-corrected chi connectivity index (χ2v) is 2.96. The Hall–Kier alpha value is -0.570. The normalized spacial score (nSPS) is 31.7. The van der Waals surface area contributed by atoms with Crippen LogP contribution in [0.4, 0.5) is 0 Å². The van der Waals surface area contributed by atoms with Crippen molar-refractivity contribution < 1.29 is 14.6 Å². The first-order valence-electron chi connectivity index (χ1n) is 4.08. The Bertz CT molecular complexity index is 147. The molecule has 1 heterocycles. The topological polar surface area (TPSA) is 46.5 Å². The predicted octanol–water partition coefficient (Wildman–Crippen LogP) is 1.42. The van der Waals surface area contributed by atoms with Crippen molar-refractivity contribution in [3.05, 3.63) is 0 Å². The molecule has 0 amide bonds. The van der Waals surface area contributed by atoms with Crippen LogP contribution in [0.15, 0.2) is 0 Å². The van der Waals surface area contributed by atoms with Crippen LogP contribution in [-0.2, 0) is 9.53 Å². The molecule has 0 radical (unpaired) electrons. The third-order valence-corrected chi connectivity index (χ3v) is 2.31. The molecule has 1 aliphatic heterocycles. The third-order valence-electron chi connectivity index (χ3n) is 2.31. The average molecular weight is 158 g/mol. The molecule has 1 fully saturated rings. The number of carboxylic acid groups (broad SMARTS) is 1. The minimum Gasteiger partial charge on any atom is -0.479 e. The maximum absolute atomic E-state index is 10.8. The fourth-order valence-corrected chi connectivity index (χ4v) is 1.45. The fourth-order valence-electron chi connectivity index (χ4n) is 1.45. The van der Waals surface area contributed by atoms with Gasteiger partial charge in [-0.05, 0) is 25.7 Å². The van der Waals surface area contributed by atoms with E-state index in [-0.39, 0.29) is 0 Å². The van der Waals surface area contributed by atoms with E-state index in [1.54, 1.807) is 0 Å². The van der Waals surface area contributed by atoms with Gasteiger partial charge >= 0.3 is 5.97 Å². The lowest BCUT2D eigenvalue weighted by Gasteiger charge is -2.32. The van der Waals surface area contributed by atoms with Gasteiger partial charge in [-0.1, -0.05) is 6.92 Å². The monoisotopic (exact) mass is 158 g/mol. The number of ether oxygens (including phenoxy) is 1. The number of hydrogen-bond acceptors (Lipinski definition) is 2. The van der Waals surface area contributed by atoms with E-state index >= 15 is 0 Å². The zero-order chi connectivity index (χ0) is 8.32. The van der Waals surface area contributed by atoms with Crippen molar-refractivity contribution in [1.29, 1.82) is 0 Å². The Morgan fingerprint density at radius 2 is 2.36 bits per heavy atom. The molecule has 1 unspecified atom stereocenters. The largest absolute Gasteiger partial charge is 0.479 e. The molecule has 1 atom stereocenters. The fraction of sp³-hybridized carbons (Fsp3) is 0.875. The Morgan fingerprint density at radius 3 is 2.64 bits per heavy atom. The van der Waals surface area contributed by atoms with Gasteiger partial charge in [-0.25, -0.2) is 4.79 Å². The van der Waals surface area contributed by atoms with Crippen LogP contribution in [0.5, 0.6) is 0 Å². The molecule has 0 saturated carbocycles. The Labute approximate surface area is 66.4 Å². The van der Waals surface area contributed by atoms with Crippen LogP contribution in [0.25, 0.3) is 0 Å². The smallest absolute Gasteiger partial charge is 0.335 e. The zero-order valence-electron chi connectivity index (χ0n) is 6.80. The van der Waals surface area contributed by atoms with Crippen molar-refractivity contribution in [2.45, 2.75) is 38.2 Å². The molecule has 1 rings (SSSR count). The summed E-state index contributed by atoms with van der Waals surface area (Å²) in [5.41, 5.74) is -0.863. The quantitative estimate of drug-likeness (QED) is 0.661. The second kappa shape index (κ2) is 3.22. The van der Waals surface area contributed by atoms with Gasteiger partial charge in [0, 0.05) is 6.61 Å². The molecule has 11 heavy (non-hydrogen) atoms. The highest BCUT2D eigenvalue weighted by Gasteiger charge is 2.39. The lowest BCUT2D eigenvalue weighted by Crippen LogP contribution is -2.43. The van der Waals surface area contributed by atoms with Crippen LogP contribution in [0.3, 0.4) is 0 Å². The summed E-state index contributed by atoms with van der Waals surface area (Å²) in [7, 11) is 0. The van der Waals surface area contributed by atoms with Crippen LogP contribution in [0.2, 0.25) is 0 Å². The van der Waals surface area contributed by atoms with E-state index in [9.17, 15) is 4.79 Å². The van der Waals surface area contributed by atoms with Crippen molar-refractivity contribution >= 4 is 5.97 Å². The van der Waals surface area contributed by atoms with E-state index in [2.05, 4.69) is 0 Å². The van der Waals surface area contributed by atoms with E-state index in [4.69, 9.17) is 9.84 Å². The Kier molecular flexibility index (Phi) is 2.49. The van der Waals surface area contributed by atoms with E-state index in [0.717, 1.165) is 12.8 Å². The molecule has 64 valence electrons. The summed E-state index contributed by atoms with van der Waals surface area (Å²) in [6.07, 6.45) is 3.20. The van der Waals surface area contributed by atoms with Gasteiger partial charge < -0.3 is 9.84 Å². The molecule has 3 heteroatoms. The highest BCUT2D eigenvalue weighted by molar-refractivity contribution is 5.77. The van der Waals surface area contributed by atoms with E-state index < -0.39 is 11.6 Å². The average Bonchev–Trinajstić information content (AvgIpc) is 2.05. The number of carboxylic acids is 1. The van der Waals surface area contributed by atoms with Gasteiger partial charge in [0.1, 0.15) is 0 Å². The molecular weight excluding hydrogens is 144 g/mol. The molecule has 1 aliphatic rings. The molecule has 0 aromatic rings. The SMILES string of the molecule is CCC1(C(=O)O)CCCCO1. The molecule has 0 aliphatic carbocycles. The van der Waals surface area contributed by atoms with E-state index in [0.29, 0.717) is 19.4 Å². The highest BCUT2D eigenvalue weighted by atomic mass is 16.5. The lowest BCUT2D eigenvalue weighted by atomic mass is 9.91. The Balaban J connectivity index is 2.64. The summed E-state index contributed by atoms with van der Waals surface area (Å²) in [5, 5.41) is 8.86. The molecule has 1 N–H and O–H groups in total. The van der Waals surface area contributed by atoms with Crippen LogP contribution in [0, 0.1) is 0 Å². The van der Waals surface area contributed by atoms with Gasteiger partial charge in [-0.3, -0.25) is 0 Å². The van der Waals surface area contributed by atoms with Gasteiger partial charge in [0.25, 0.3) is 0 Å². The predicted molar refractivity (Wildman–Crippen MR) is 40.5 cm³/mol. The minimum absolute atomic E-state index is 0.572. The van der Waals surface area contributed by atoms with E-state index in [1.165, 1.54) is 0 Å². The molecule has 0 bridgehead atoms. The van der Waals surface area contributed by atoms with Crippen LogP contribution in [-0.4, -0.2) is 23.3 Å².